The van der Waals surface area contributed by atoms with Gasteiger partial charge >= 0.3 is 0 Å². The first-order valence-electron chi connectivity index (χ1n) is 6.73. The molecule has 0 fully saturated rings. The molecule has 23 heavy (non-hydrogen) atoms. The fourth-order valence-electron chi connectivity index (χ4n) is 1.84. The van der Waals surface area contributed by atoms with Crippen molar-refractivity contribution in [1.82, 2.24) is 0 Å². The number of Topliss-reactive ketones (excluding diaryl/α,β-unsaturated/α-hetero) is 1. The minimum Gasteiger partial charge on any atom is -0.325 e. The number of amides is 1. The maximum atomic E-state index is 13.8. The average Bonchev–Trinajstić information content (AvgIpc) is 2.53. The third-order valence-corrected chi connectivity index (χ3v) is 4.02. The lowest BCUT2D eigenvalue weighted by atomic mass is 10.1. The molecule has 0 aliphatic carbocycles. The van der Waals surface area contributed by atoms with Crippen LogP contribution in [0.3, 0.4) is 0 Å². The topological polar surface area (TPSA) is 70.0 Å². The molecule has 0 aliphatic heterocycles. The minimum atomic E-state index is -0.526. The number of halogens is 1. The summed E-state index contributed by atoms with van der Waals surface area (Å²) in [5.41, 5.74) is 1.26. The van der Waals surface area contributed by atoms with Crippen molar-refractivity contribution in [2.24, 2.45) is 0 Å². The number of ketones is 1. The van der Waals surface area contributed by atoms with Crippen LogP contribution in [0.15, 0.2) is 47.4 Å². The summed E-state index contributed by atoms with van der Waals surface area (Å²) in [5.74, 6) is -1.02. The summed E-state index contributed by atoms with van der Waals surface area (Å²) in [6.45, 7) is 1.37. The molecule has 6 heteroatoms. The second kappa shape index (κ2) is 7.56. The Morgan fingerprint density at radius 2 is 2.04 bits per heavy atom. The van der Waals surface area contributed by atoms with E-state index in [0.29, 0.717) is 21.7 Å². The molecule has 4 nitrogen and oxygen atoms in total. The van der Waals surface area contributed by atoms with Gasteiger partial charge in [-0.3, -0.25) is 9.59 Å². The van der Waals surface area contributed by atoms with Gasteiger partial charge in [0.25, 0.3) is 0 Å². The molecule has 0 saturated carbocycles. The number of nitriles is 1. The highest BCUT2D eigenvalue weighted by molar-refractivity contribution is 8.00. The number of carbonyl (C=O) groups is 2. The van der Waals surface area contributed by atoms with Crippen molar-refractivity contribution in [1.29, 1.82) is 5.26 Å². The molecule has 0 saturated heterocycles. The zero-order valence-corrected chi connectivity index (χ0v) is 13.1. The number of anilines is 1. The first-order chi connectivity index (χ1) is 11.0. The molecule has 0 unspecified atom stereocenters. The lowest BCUT2D eigenvalue weighted by Crippen LogP contribution is -2.14. The van der Waals surface area contributed by atoms with E-state index in [1.165, 1.54) is 25.1 Å². The van der Waals surface area contributed by atoms with Crippen LogP contribution in [0.1, 0.15) is 22.8 Å². The Balaban J connectivity index is 1.96. The van der Waals surface area contributed by atoms with E-state index in [4.69, 9.17) is 5.26 Å². The summed E-state index contributed by atoms with van der Waals surface area (Å²) >= 11 is 1.04. The standard InChI is InChI=1S/C17H13FN2O2S/c1-11(21)13-5-6-16(15(18)8-13)23-10-17(22)20-14-4-2-3-12(7-14)9-19/h2-8H,10H2,1H3,(H,20,22). The molecule has 2 aromatic rings. The van der Waals surface area contributed by atoms with Gasteiger partial charge in [-0.15, -0.1) is 11.8 Å². The van der Waals surface area contributed by atoms with Crippen molar-refractivity contribution in [3.63, 3.8) is 0 Å². The summed E-state index contributed by atoms with van der Waals surface area (Å²) < 4.78 is 13.8. The molecule has 0 bridgehead atoms. The van der Waals surface area contributed by atoms with Crippen molar-refractivity contribution < 1.29 is 14.0 Å². The van der Waals surface area contributed by atoms with Crippen LogP contribution >= 0.6 is 11.8 Å². The van der Waals surface area contributed by atoms with E-state index in [0.717, 1.165) is 11.8 Å². The van der Waals surface area contributed by atoms with Gasteiger partial charge in [0, 0.05) is 16.1 Å². The Hall–Kier alpha value is -2.65. The predicted octanol–water partition coefficient (Wildman–Crippen LogP) is 3.63. The molecule has 0 radical (unpaired) electrons. The zero-order valence-electron chi connectivity index (χ0n) is 12.3. The van der Waals surface area contributed by atoms with Crippen LogP contribution in [0.25, 0.3) is 0 Å². The monoisotopic (exact) mass is 328 g/mol. The number of rotatable bonds is 5. The van der Waals surface area contributed by atoms with Crippen molar-refractivity contribution >= 4 is 29.1 Å². The largest absolute Gasteiger partial charge is 0.325 e. The smallest absolute Gasteiger partial charge is 0.234 e. The molecule has 1 N–H and O–H groups in total. The van der Waals surface area contributed by atoms with E-state index in [2.05, 4.69) is 5.32 Å². The van der Waals surface area contributed by atoms with Crippen LogP contribution in [0.5, 0.6) is 0 Å². The van der Waals surface area contributed by atoms with Crippen LogP contribution in [0.2, 0.25) is 0 Å². The van der Waals surface area contributed by atoms with Crippen LogP contribution in [0.4, 0.5) is 10.1 Å². The Morgan fingerprint density at radius 1 is 1.26 bits per heavy atom. The number of hydrogen-bond donors (Lipinski definition) is 1. The third-order valence-electron chi connectivity index (χ3n) is 2.97. The van der Waals surface area contributed by atoms with E-state index < -0.39 is 5.82 Å². The van der Waals surface area contributed by atoms with Gasteiger partial charge in [-0.2, -0.15) is 5.26 Å². The highest BCUT2D eigenvalue weighted by Crippen LogP contribution is 2.23. The van der Waals surface area contributed by atoms with E-state index in [-0.39, 0.29) is 17.4 Å². The highest BCUT2D eigenvalue weighted by Gasteiger charge is 2.10. The Morgan fingerprint density at radius 3 is 2.70 bits per heavy atom. The molecule has 0 aromatic heterocycles. The maximum Gasteiger partial charge on any atom is 0.234 e. The summed E-state index contributed by atoms with van der Waals surface area (Å²) in [6, 6.07) is 12.7. The van der Waals surface area contributed by atoms with E-state index in [1.807, 2.05) is 6.07 Å². The van der Waals surface area contributed by atoms with Gasteiger partial charge in [0.1, 0.15) is 5.82 Å². The average molecular weight is 328 g/mol. The number of carbonyl (C=O) groups excluding carboxylic acids is 2. The number of nitrogens with one attached hydrogen (secondary N) is 1. The van der Waals surface area contributed by atoms with Crippen molar-refractivity contribution in [2.45, 2.75) is 11.8 Å². The quantitative estimate of drug-likeness (QED) is 0.672. The molecule has 116 valence electrons. The Bertz CT molecular complexity index is 799. The van der Waals surface area contributed by atoms with Crippen LogP contribution in [-0.4, -0.2) is 17.4 Å². The van der Waals surface area contributed by atoms with Gasteiger partial charge in [0.2, 0.25) is 5.91 Å². The number of hydrogen-bond acceptors (Lipinski definition) is 4. The van der Waals surface area contributed by atoms with E-state index in [1.54, 1.807) is 24.3 Å². The fourth-order valence-corrected chi connectivity index (χ4v) is 2.56. The highest BCUT2D eigenvalue weighted by atomic mass is 32.2. The molecular weight excluding hydrogens is 315 g/mol. The van der Waals surface area contributed by atoms with Gasteiger partial charge in [0.05, 0.1) is 17.4 Å². The normalized spacial score (nSPS) is 9.96. The molecule has 0 atom stereocenters. The Kier molecular flexibility index (Phi) is 5.50. The van der Waals surface area contributed by atoms with E-state index in [9.17, 15) is 14.0 Å². The molecular formula is C17H13FN2O2S. The number of benzene rings is 2. The second-order valence-electron chi connectivity index (χ2n) is 4.73. The fraction of sp³-hybridized carbons (Fsp3) is 0.118. The van der Waals surface area contributed by atoms with Gasteiger partial charge in [-0.1, -0.05) is 12.1 Å². The first-order valence-corrected chi connectivity index (χ1v) is 7.71. The number of nitrogens with zero attached hydrogens (tertiary/aromatic N) is 1. The molecule has 2 aromatic carbocycles. The van der Waals surface area contributed by atoms with Gasteiger partial charge in [0.15, 0.2) is 5.78 Å². The van der Waals surface area contributed by atoms with Crippen molar-refractivity contribution in [3.05, 3.63) is 59.4 Å². The summed E-state index contributed by atoms with van der Waals surface area (Å²) in [6.07, 6.45) is 0. The van der Waals surface area contributed by atoms with Crippen molar-refractivity contribution in [2.75, 3.05) is 11.1 Å². The maximum absolute atomic E-state index is 13.8. The number of thioether (sulfide) groups is 1. The summed E-state index contributed by atoms with van der Waals surface area (Å²) in [4.78, 5) is 23.4. The van der Waals surface area contributed by atoms with Crippen LogP contribution < -0.4 is 5.32 Å². The van der Waals surface area contributed by atoms with Gasteiger partial charge in [-0.05, 0) is 37.3 Å². The van der Waals surface area contributed by atoms with Crippen LogP contribution in [-0.2, 0) is 4.79 Å². The Labute approximate surface area is 137 Å². The molecule has 0 spiro atoms. The van der Waals surface area contributed by atoms with E-state index >= 15 is 0 Å². The molecule has 0 heterocycles. The van der Waals surface area contributed by atoms with Gasteiger partial charge < -0.3 is 5.32 Å². The minimum absolute atomic E-state index is 0.0210. The third kappa shape index (κ3) is 4.66. The SMILES string of the molecule is CC(=O)c1ccc(SCC(=O)Nc2cccc(C#N)c2)c(F)c1. The zero-order chi connectivity index (χ0) is 16.8. The lowest BCUT2D eigenvalue weighted by Gasteiger charge is -2.06. The molecule has 1 amide bonds. The van der Waals surface area contributed by atoms with Crippen molar-refractivity contribution in [3.8, 4) is 6.07 Å². The first kappa shape index (κ1) is 16.7. The second-order valence-corrected chi connectivity index (χ2v) is 5.75. The summed E-state index contributed by atoms with van der Waals surface area (Å²) in [5, 5.41) is 11.5. The summed E-state index contributed by atoms with van der Waals surface area (Å²) in [7, 11) is 0. The predicted molar refractivity (Wildman–Crippen MR) is 86.9 cm³/mol. The van der Waals surface area contributed by atoms with Gasteiger partial charge in [-0.25, -0.2) is 4.39 Å². The molecule has 0 aliphatic rings. The lowest BCUT2D eigenvalue weighted by molar-refractivity contribution is -0.113. The molecule has 2 rings (SSSR count). The van der Waals surface area contributed by atoms with Crippen LogP contribution in [0, 0.1) is 17.1 Å².